The summed E-state index contributed by atoms with van der Waals surface area (Å²) in [6.45, 7) is -0.923. The van der Waals surface area contributed by atoms with Crippen molar-refractivity contribution in [3.8, 4) is 22.9 Å². The maximum Gasteiger partial charge on any atom is 0.213 e. The van der Waals surface area contributed by atoms with Crippen molar-refractivity contribution < 1.29 is 23.1 Å². The van der Waals surface area contributed by atoms with Crippen molar-refractivity contribution in [2.24, 2.45) is 0 Å². The van der Waals surface area contributed by atoms with Gasteiger partial charge in [-0.15, -0.1) is 0 Å². The molecule has 2 aromatic heterocycles. The van der Waals surface area contributed by atoms with Crippen LogP contribution in [0.25, 0.3) is 11.4 Å². The molecule has 1 atom stereocenters. The molecule has 26 heavy (non-hydrogen) atoms. The van der Waals surface area contributed by atoms with Gasteiger partial charge < -0.3 is 9.84 Å². The van der Waals surface area contributed by atoms with Crippen molar-refractivity contribution in [2.45, 2.75) is 26.4 Å². The van der Waals surface area contributed by atoms with E-state index in [0.29, 0.717) is 17.5 Å². The third kappa shape index (κ3) is 3.42. The first-order valence-electron chi connectivity index (χ1n) is 9.31. The van der Waals surface area contributed by atoms with Crippen LogP contribution in [-0.4, -0.2) is 26.2 Å². The molecule has 2 heterocycles. The third-order valence-electron chi connectivity index (χ3n) is 3.77. The number of carbonyl (C=O) groups is 1. The zero-order chi connectivity index (χ0) is 21.2. The SMILES string of the molecule is [2H]C([2H])([2H])C(C)n1nccc1-c1nc(F)ccc1COc1cccc(O)c1C=O. The smallest absolute Gasteiger partial charge is 0.213 e. The van der Waals surface area contributed by atoms with Crippen LogP contribution in [0.3, 0.4) is 0 Å². The highest BCUT2D eigenvalue weighted by atomic mass is 19.1. The minimum absolute atomic E-state index is 0.00909. The normalized spacial score (nSPS) is 14.2. The lowest BCUT2D eigenvalue weighted by Crippen LogP contribution is -2.08. The van der Waals surface area contributed by atoms with E-state index in [9.17, 15) is 14.3 Å². The molecule has 0 radical (unpaired) electrons. The topological polar surface area (TPSA) is 77.2 Å². The van der Waals surface area contributed by atoms with Crippen LogP contribution in [0.15, 0.2) is 42.6 Å². The fraction of sp³-hybridized carbons (Fsp3) is 0.211. The molecule has 0 aliphatic carbocycles. The quantitative estimate of drug-likeness (QED) is 0.536. The molecule has 0 fully saturated rings. The largest absolute Gasteiger partial charge is 0.507 e. The van der Waals surface area contributed by atoms with Gasteiger partial charge in [-0.1, -0.05) is 6.07 Å². The van der Waals surface area contributed by atoms with E-state index in [-0.39, 0.29) is 29.4 Å². The maximum absolute atomic E-state index is 13.9. The first-order chi connectivity index (χ1) is 13.7. The molecule has 7 heteroatoms. The number of aromatic nitrogens is 3. The van der Waals surface area contributed by atoms with E-state index in [1.54, 1.807) is 6.07 Å². The van der Waals surface area contributed by atoms with Gasteiger partial charge in [-0.3, -0.25) is 9.48 Å². The standard InChI is InChI=1S/C19H18FN3O3/c1-12(2)23-15(8-9-21-23)19-13(6-7-18(20)22-19)11-26-17-5-3-4-16(25)14(17)10-24/h3-10,12,25H,11H2,1-2H3/i1D3. The van der Waals surface area contributed by atoms with Gasteiger partial charge in [0, 0.05) is 21.9 Å². The van der Waals surface area contributed by atoms with Gasteiger partial charge >= 0.3 is 0 Å². The van der Waals surface area contributed by atoms with Crippen LogP contribution >= 0.6 is 0 Å². The van der Waals surface area contributed by atoms with Crippen molar-refractivity contribution in [3.05, 3.63) is 59.7 Å². The first-order valence-corrected chi connectivity index (χ1v) is 7.81. The van der Waals surface area contributed by atoms with Crippen LogP contribution < -0.4 is 4.74 Å². The van der Waals surface area contributed by atoms with Crippen molar-refractivity contribution in [1.29, 1.82) is 0 Å². The zero-order valence-electron chi connectivity index (χ0n) is 16.9. The Bertz CT molecular complexity index is 1040. The highest BCUT2D eigenvalue weighted by molar-refractivity contribution is 5.83. The van der Waals surface area contributed by atoms with Gasteiger partial charge in [-0.25, -0.2) is 4.98 Å². The lowest BCUT2D eigenvalue weighted by atomic mass is 10.1. The summed E-state index contributed by atoms with van der Waals surface area (Å²) in [6, 6.07) is 7.58. The number of aldehydes is 1. The molecule has 3 aromatic rings. The average Bonchev–Trinajstić information content (AvgIpc) is 3.15. The molecule has 0 amide bonds. The molecule has 6 nitrogen and oxygen atoms in total. The number of ether oxygens (including phenoxy) is 1. The van der Waals surface area contributed by atoms with E-state index in [4.69, 9.17) is 8.85 Å². The van der Waals surface area contributed by atoms with E-state index in [2.05, 4.69) is 10.1 Å². The Kier molecular flexibility index (Phi) is 3.96. The molecule has 0 saturated heterocycles. The second kappa shape index (κ2) is 7.35. The number of pyridine rings is 1. The second-order valence-electron chi connectivity index (χ2n) is 5.57. The first kappa shape index (κ1) is 14.0. The van der Waals surface area contributed by atoms with Gasteiger partial charge in [0.1, 0.15) is 18.1 Å². The van der Waals surface area contributed by atoms with Crippen LogP contribution in [0.5, 0.6) is 11.5 Å². The Morgan fingerprint density at radius 1 is 1.38 bits per heavy atom. The number of halogens is 1. The highest BCUT2D eigenvalue weighted by Gasteiger charge is 2.16. The number of aromatic hydroxyl groups is 1. The summed E-state index contributed by atoms with van der Waals surface area (Å²) >= 11 is 0. The third-order valence-corrected chi connectivity index (χ3v) is 3.77. The molecule has 0 aliphatic heterocycles. The number of phenols is 1. The van der Waals surface area contributed by atoms with Crippen LogP contribution in [0.1, 0.15) is 39.9 Å². The van der Waals surface area contributed by atoms with E-state index < -0.39 is 18.8 Å². The summed E-state index contributed by atoms with van der Waals surface area (Å²) in [5, 5.41) is 13.8. The molecule has 0 spiro atoms. The van der Waals surface area contributed by atoms with E-state index in [0.717, 1.165) is 6.07 Å². The molecule has 0 aliphatic rings. The summed E-state index contributed by atoms with van der Waals surface area (Å²) < 4.78 is 43.7. The lowest BCUT2D eigenvalue weighted by Gasteiger charge is -2.15. The van der Waals surface area contributed by atoms with Gasteiger partial charge in [-0.05, 0) is 44.1 Å². The van der Waals surface area contributed by atoms with Crippen molar-refractivity contribution in [1.82, 2.24) is 14.8 Å². The Balaban J connectivity index is 1.98. The van der Waals surface area contributed by atoms with E-state index in [1.165, 1.54) is 42.1 Å². The minimum Gasteiger partial charge on any atom is -0.507 e. The van der Waals surface area contributed by atoms with E-state index >= 15 is 0 Å². The fourth-order valence-electron chi connectivity index (χ4n) is 2.55. The average molecular weight is 358 g/mol. The zero-order valence-corrected chi connectivity index (χ0v) is 13.9. The van der Waals surface area contributed by atoms with Crippen LogP contribution in [0.4, 0.5) is 4.39 Å². The molecule has 1 unspecified atom stereocenters. The summed E-state index contributed by atoms with van der Waals surface area (Å²) in [6.07, 6.45) is 1.89. The van der Waals surface area contributed by atoms with Crippen molar-refractivity contribution in [2.75, 3.05) is 0 Å². The molecular weight excluding hydrogens is 337 g/mol. The number of hydrogen-bond donors (Lipinski definition) is 1. The molecule has 1 N–H and O–H groups in total. The fourth-order valence-corrected chi connectivity index (χ4v) is 2.55. The van der Waals surface area contributed by atoms with Gasteiger partial charge in [0.2, 0.25) is 5.95 Å². The molecule has 0 bridgehead atoms. The van der Waals surface area contributed by atoms with Gasteiger partial charge in [-0.2, -0.15) is 9.49 Å². The summed E-state index contributed by atoms with van der Waals surface area (Å²) in [4.78, 5) is 15.1. The van der Waals surface area contributed by atoms with Gasteiger partial charge in [0.25, 0.3) is 0 Å². The van der Waals surface area contributed by atoms with Crippen LogP contribution in [0.2, 0.25) is 0 Å². The van der Waals surface area contributed by atoms with Crippen molar-refractivity contribution in [3.63, 3.8) is 0 Å². The lowest BCUT2D eigenvalue weighted by molar-refractivity contribution is 0.111. The Morgan fingerprint density at radius 3 is 3.00 bits per heavy atom. The molecule has 134 valence electrons. The summed E-state index contributed by atoms with van der Waals surface area (Å²) in [5.41, 5.74) is 0.931. The Morgan fingerprint density at radius 2 is 2.23 bits per heavy atom. The van der Waals surface area contributed by atoms with Crippen LogP contribution in [-0.2, 0) is 6.61 Å². The minimum atomic E-state index is -2.31. The number of phenolic OH excluding ortho intramolecular Hbond substituents is 1. The van der Waals surface area contributed by atoms with Crippen molar-refractivity contribution >= 4 is 6.29 Å². The Hall–Kier alpha value is -3.22. The predicted molar refractivity (Wildman–Crippen MR) is 93.6 cm³/mol. The summed E-state index contributed by atoms with van der Waals surface area (Å²) in [5.74, 6) is -0.817. The predicted octanol–water partition coefficient (Wildman–Crippen LogP) is 3.76. The maximum atomic E-state index is 13.9. The van der Waals surface area contributed by atoms with Crippen LogP contribution in [0, 0.1) is 5.95 Å². The highest BCUT2D eigenvalue weighted by Crippen LogP contribution is 2.28. The van der Waals surface area contributed by atoms with E-state index in [1.807, 2.05) is 0 Å². The number of carbonyl (C=O) groups excluding carboxylic acids is 1. The molecule has 3 rings (SSSR count). The summed E-state index contributed by atoms with van der Waals surface area (Å²) in [7, 11) is 0. The Labute approximate surface area is 154 Å². The molecule has 0 saturated carbocycles. The van der Waals surface area contributed by atoms with Gasteiger partial charge in [0.05, 0.1) is 17.0 Å². The monoisotopic (exact) mass is 358 g/mol. The second-order valence-corrected chi connectivity index (χ2v) is 5.57. The number of nitrogens with zero attached hydrogens (tertiary/aromatic N) is 3. The number of rotatable bonds is 6. The number of benzene rings is 1. The molecular formula is C19H18FN3O3. The number of hydrogen-bond acceptors (Lipinski definition) is 5. The molecule has 1 aromatic carbocycles. The van der Waals surface area contributed by atoms with Gasteiger partial charge in [0.15, 0.2) is 6.29 Å².